The second-order valence-electron chi connectivity index (χ2n) is 6.58. The minimum Gasteiger partial charge on any atom is -0.463 e. The van der Waals surface area contributed by atoms with Crippen LogP contribution < -0.4 is 5.32 Å². The number of ether oxygens (including phenoxy) is 2. The molecule has 22 heavy (non-hydrogen) atoms. The molecule has 0 bridgehead atoms. The van der Waals surface area contributed by atoms with Gasteiger partial charge in [-0.2, -0.15) is 0 Å². The Kier molecular flexibility index (Phi) is 6.46. The van der Waals surface area contributed by atoms with Crippen molar-refractivity contribution < 1.29 is 19.1 Å². The SMILES string of the molecule is CC(C)[C@@H](COC(=O)Cc1cc[nH]c1)NC(=O)OC(C)(C)C. The van der Waals surface area contributed by atoms with Gasteiger partial charge >= 0.3 is 12.1 Å². The quantitative estimate of drug-likeness (QED) is 0.792. The third-order valence-corrected chi connectivity index (χ3v) is 2.94. The first-order valence-electron chi connectivity index (χ1n) is 7.44. The molecular weight excluding hydrogens is 284 g/mol. The van der Waals surface area contributed by atoms with Crippen LogP contribution in [0.3, 0.4) is 0 Å². The standard InChI is InChI=1S/C16H26N2O4/c1-11(2)13(18-15(20)22-16(3,4)5)10-21-14(19)8-12-6-7-17-9-12/h6-7,9,11,13,17H,8,10H2,1-5H3,(H,18,20)/t13-/m1/s1. The molecule has 0 aliphatic heterocycles. The van der Waals surface area contributed by atoms with Crippen molar-refractivity contribution in [1.82, 2.24) is 10.3 Å². The summed E-state index contributed by atoms with van der Waals surface area (Å²) in [5, 5.41) is 2.74. The van der Waals surface area contributed by atoms with E-state index in [1.807, 2.05) is 19.9 Å². The second-order valence-corrected chi connectivity index (χ2v) is 6.58. The first-order valence-corrected chi connectivity index (χ1v) is 7.44. The number of hydrogen-bond acceptors (Lipinski definition) is 4. The molecule has 6 nitrogen and oxygen atoms in total. The number of hydrogen-bond donors (Lipinski definition) is 2. The summed E-state index contributed by atoms with van der Waals surface area (Å²) in [5.74, 6) is -0.205. The molecule has 1 heterocycles. The van der Waals surface area contributed by atoms with Crippen LogP contribution >= 0.6 is 0 Å². The van der Waals surface area contributed by atoms with Crippen molar-refractivity contribution in [1.29, 1.82) is 0 Å². The van der Waals surface area contributed by atoms with Crippen molar-refractivity contribution in [2.75, 3.05) is 6.61 Å². The lowest BCUT2D eigenvalue weighted by Gasteiger charge is -2.25. The number of H-pyrrole nitrogens is 1. The summed E-state index contributed by atoms with van der Waals surface area (Å²) in [7, 11) is 0. The molecule has 0 unspecified atom stereocenters. The number of amides is 1. The molecule has 1 amide bonds. The zero-order chi connectivity index (χ0) is 16.8. The largest absolute Gasteiger partial charge is 0.463 e. The second kappa shape index (κ2) is 7.87. The van der Waals surface area contributed by atoms with E-state index < -0.39 is 11.7 Å². The average Bonchev–Trinajstić information content (AvgIpc) is 2.84. The number of aromatic nitrogens is 1. The van der Waals surface area contributed by atoms with Crippen molar-refractivity contribution >= 4 is 12.1 Å². The Morgan fingerprint density at radius 1 is 1.32 bits per heavy atom. The molecule has 0 aromatic carbocycles. The van der Waals surface area contributed by atoms with E-state index in [1.165, 1.54) is 0 Å². The van der Waals surface area contributed by atoms with E-state index in [1.54, 1.807) is 33.2 Å². The first-order chi connectivity index (χ1) is 10.2. The molecule has 1 atom stereocenters. The third-order valence-electron chi connectivity index (χ3n) is 2.94. The summed E-state index contributed by atoms with van der Waals surface area (Å²) in [5.41, 5.74) is 0.308. The van der Waals surface area contributed by atoms with Crippen LogP contribution in [0.2, 0.25) is 0 Å². The molecule has 0 radical (unpaired) electrons. The topological polar surface area (TPSA) is 80.4 Å². The van der Waals surface area contributed by atoms with Crippen molar-refractivity contribution in [3.05, 3.63) is 24.0 Å². The van der Waals surface area contributed by atoms with Crippen molar-refractivity contribution in [2.24, 2.45) is 5.92 Å². The number of alkyl carbamates (subject to hydrolysis) is 1. The fraction of sp³-hybridized carbons (Fsp3) is 0.625. The number of nitrogens with one attached hydrogen (secondary N) is 2. The lowest BCUT2D eigenvalue weighted by atomic mass is 10.1. The minimum atomic E-state index is -0.559. The Labute approximate surface area is 131 Å². The van der Waals surface area contributed by atoms with Crippen LogP contribution in [0.25, 0.3) is 0 Å². The molecule has 0 saturated carbocycles. The lowest BCUT2D eigenvalue weighted by Crippen LogP contribution is -2.44. The van der Waals surface area contributed by atoms with Crippen molar-refractivity contribution in [3.63, 3.8) is 0 Å². The van der Waals surface area contributed by atoms with Gasteiger partial charge in [-0.15, -0.1) is 0 Å². The van der Waals surface area contributed by atoms with Gasteiger partial charge in [-0.05, 0) is 38.3 Å². The van der Waals surface area contributed by atoms with E-state index >= 15 is 0 Å². The van der Waals surface area contributed by atoms with Gasteiger partial charge in [0.1, 0.15) is 12.2 Å². The summed E-state index contributed by atoms with van der Waals surface area (Å²) < 4.78 is 10.5. The summed E-state index contributed by atoms with van der Waals surface area (Å²) in [6.07, 6.45) is 3.21. The number of esters is 1. The van der Waals surface area contributed by atoms with E-state index in [9.17, 15) is 9.59 Å². The molecule has 0 saturated heterocycles. The predicted molar refractivity (Wildman–Crippen MR) is 83.5 cm³/mol. The Bertz CT molecular complexity index is 475. The minimum absolute atomic E-state index is 0.118. The van der Waals surface area contributed by atoms with E-state index in [0.29, 0.717) is 0 Å². The Morgan fingerprint density at radius 3 is 2.50 bits per heavy atom. The van der Waals surface area contributed by atoms with Crippen LogP contribution in [-0.2, 0) is 20.7 Å². The maximum absolute atomic E-state index is 11.8. The highest BCUT2D eigenvalue weighted by Gasteiger charge is 2.22. The Morgan fingerprint density at radius 2 is 2.00 bits per heavy atom. The van der Waals surface area contributed by atoms with Gasteiger partial charge in [-0.3, -0.25) is 4.79 Å². The molecule has 0 spiro atoms. The first kappa shape index (κ1) is 18.1. The van der Waals surface area contributed by atoms with Crippen LogP contribution in [0.5, 0.6) is 0 Å². The summed E-state index contributed by atoms with van der Waals surface area (Å²) in [4.78, 5) is 26.5. The number of rotatable bonds is 6. The molecule has 1 rings (SSSR count). The van der Waals surface area contributed by atoms with E-state index in [-0.39, 0.29) is 31.0 Å². The highest BCUT2D eigenvalue weighted by molar-refractivity contribution is 5.72. The summed E-state index contributed by atoms with van der Waals surface area (Å²) in [6.45, 7) is 9.42. The monoisotopic (exact) mass is 310 g/mol. The zero-order valence-corrected chi connectivity index (χ0v) is 13.9. The van der Waals surface area contributed by atoms with Crippen LogP contribution in [0.15, 0.2) is 18.5 Å². The zero-order valence-electron chi connectivity index (χ0n) is 13.9. The fourth-order valence-electron chi connectivity index (χ4n) is 1.73. The van der Waals surface area contributed by atoms with Gasteiger partial charge in [-0.25, -0.2) is 4.79 Å². The fourth-order valence-corrected chi connectivity index (χ4v) is 1.73. The van der Waals surface area contributed by atoms with Gasteiger partial charge in [-0.1, -0.05) is 13.8 Å². The molecule has 124 valence electrons. The van der Waals surface area contributed by atoms with E-state index in [0.717, 1.165) is 5.56 Å². The van der Waals surface area contributed by atoms with E-state index in [2.05, 4.69) is 10.3 Å². The highest BCUT2D eigenvalue weighted by atomic mass is 16.6. The van der Waals surface area contributed by atoms with Crippen LogP contribution in [-0.4, -0.2) is 35.3 Å². The summed E-state index contributed by atoms with van der Waals surface area (Å²) in [6, 6.07) is 1.53. The van der Waals surface area contributed by atoms with Gasteiger partial charge in [0.05, 0.1) is 12.5 Å². The van der Waals surface area contributed by atoms with Gasteiger partial charge in [0.25, 0.3) is 0 Å². The average molecular weight is 310 g/mol. The van der Waals surface area contributed by atoms with Crippen molar-refractivity contribution in [3.8, 4) is 0 Å². The molecule has 1 aromatic heterocycles. The molecular formula is C16H26N2O4. The normalized spacial score (nSPS) is 12.8. The molecule has 0 aliphatic carbocycles. The number of carbonyl (C=O) groups excluding carboxylic acids is 2. The molecule has 1 aromatic rings. The highest BCUT2D eigenvalue weighted by Crippen LogP contribution is 2.09. The summed E-state index contributed by atoms with van der Waals surface area (Å²) >= 11 is 0. The smallest absolute Gasteiger partial charge is 0.407 e. The maximum Gasteiger partial charge on any atom is 0.407 e. The molecule has 0 aliphatic rings. The predicted octanol–water partition coefficient (Wildman–Crippen LogP) is 2.65. The maximum atomic E-state index is 11.8. The van der Waals surface area contributed by atoms with Crippen LogP contribution in [0.4, 0.5) is 4.79 Å². The van der Waals surface area contributed by atoms with Crippen molar-refractivity contribution in [2.45, 2.75) is 52.7 Å². The van der Waals surface area contributed by atoms with Crippen LogP contribution in [0, 0.1) is 5.92 Å². The van der Waals surface area contributed by atoms with Gasteiger partial charge < -0.3 is 19.8 Å². The molecule has 0 fully saturated rings. The molecule has 6 heteroatoms. The van der Waals surface area contributed by atoms with Gasteiger partial charge in [0, 0.05) is 12.4 Å². The Hall–Kier alpha value is -1.98. The Balaban J connectivity index is 2.43. The van der Waals surface area contributed by atoms with Gasteiger partial charge in [0.15, 0.2) is 0 Å². The van der Waals surface area contributed by atoms with Gasteiger partial charge in [0.2, 0.25) is 0 Å². The third kappa shape index (κ3) is 7.15. The van der Waals surface area contributed by atoms with E-state index in [4.69, 9.17) is 9.47 Å². The lowest BCUT2D eigenvalue weighted by molar-refractivity contribution is -0.143. The van der Waals surface area contributed by atoms with Crippen LogP contribution in [0.1, 0.15) is 40.2 Å². The molecule has 2 N–H and O–H groups in total. The number of carbonyl (C=O) groups is 2. The number of aromatic amines is 1.